The Kier molecular flexibility index (Phi) is 8.85. The van der Waals surface area contributed by atoms with Crippen molar-refractivity contribution in [1.29, 1.82) is 0 Å². The molecule has 1 aromatic rings. The number of hydrogen-bond donors (Lipinski definition) is 0. The van der Waals surface area contributed by atoms with Crippen molar-refractivity contribution in [3.05, 3.63) is 12.2 Å². The standard InChI is InChI=1S/C12H18N2OS4/c1-4-5-6-17-11-13-14-12(19-11)18-8-7-16-10(15)9(2)3/h2,4-8H2,1,3H3. The molecule has 0 aliphatic heterocycles. The molecule has 0 fully saturated rings. The van der Waals surface area contributed by atoms with Crippen LogP contribution in [-0.4, -0.2) is 32.6 Å². The highest BCUT2D eigenvalue weighted by Crippen LogP contribution is 2.29. The van der Waals surface area contributed by atoms with Crippen LogP contribution in [0.2, 0.25) is 0 Å². The fourth-order valence-corrected chi connectivity index (χ4v) is 5.00. The molecule has 7 heteroatoms. The second-order valence-electron chi connectivity index (χ2n) is 3.80. The zero-order chi connectivity index (χ0) is 14.1. The van der Waals surface area contributed by atoms with Gasteiger partial charge in [-0.15, -0.1) is 10.2 Å². The topological polar surface area (TPSA) is 42.9 Å². The fraction of sp³-hybridized carbons (Fsp3) is 0.583. The van der Waals surface area contributed by atoms with Gasteiger partial charge in [0, 0.05) is 17.3 Å². The number of unbranched alkanes of at least 4 members (excludes halogenated alkanes) is 1. The Morgan fingerprint density at radius 2 is 1.84 bits per heavy atom. The Bertz CT molecular complexity index is 420. The van der Waals surface area contributed by atoms with Crippen LogP contribution in [0.1, 0.15) is 26.7 Å². The molecule has 0 spiro atoms. The highest BCUT2D eigenvalue weighted by molar-refractivity contribution is 8.14. The predicted molar refractivity (Wildman–Crippen MR) is 88.5 cm³/mol. The maximum absolute atomic E-state index is 11.3. The van der Waals surface area contributed by atoms with Gasteiger partial charge in [-0.3, -0.25) is 4.79 Å². The lowest BCUT2D eigenvalue weighted by molar-refractivity contribution is -0.107. The van der Waals surface area contributed by atoms with E-state index in [4.69, 9.17) is 0 Å². The van der Waals surface area contributed by atoms with Crippen LogP contribution < -0.4 is 0 Å². The summed E-state index contributed by atoms with van der Waals surface area (Å²) in [6.07, 6.45) is 2.42. The van der Waals surface area contributed by atoms with E-state index in [1.54, 1.807) is 41.8 Å². The van der Waals surface area contributed by atoms with Crippen molar-refractivity contribution < 1.29 is 4.79 Å². The molecule has 0 N–H and O–H groups in total. The van der Waals surface area contributed by atoms with Gasteiger partial charge in [-0.2, -0.15) is 0 Å². The molecule has 0 saturated carbocycles. The van der Waals surface area contributed by atoms with E-state index < -0.39 is 0 Å². The Morgan fingerprint density at radius 1 is 1.21 bits per heavy atom. The van der Waals surface area contributed by atoms with E-state index in [2.05, 4.69) is 23.7 Å². The summed E-state index contributed by atoms with van der Waals surface area (Å²) in [6, 6.07) is 0. The molecule has 0 radical (unpaired) electrons. The van der Waals surface area contributed by atoms with Crippen LogP contribution in [0.15, 0.2) is 20.8 Å². The summed E-state index contributed by atoms with van der Waals surface area (Å²) in [6.45, 7) is 7.56. The third kappa shape index (κ3) is 7.39. The van der Waals surface area contributed by atoms with Crippen LogP contribution in [0.5, 0.6) is 0 Å². The van der Waals surface area contributed by atoms with E-state index >= 15 is 0 Å². The number of rotatable bonds is 9. The van der Waals surface area contributed by atoms with E-state index in [1.165, 1.54) is 24.6 Å². The molecule has 0 aliphatic rings. The maximum Gasteiger partial charge on any atom is 0.214 e. The number of carbonyl (C=O) groups excluding carboxylic acids is 1. The van der Waals surface area contributed by atoms with Gasteiger partial charge < -0.3 is 0 Å². The molecule has 0 saturated heterocycles. The summed E-state index contributed by atoms with van der Waals surface area (Å²) in [4.78, 5) is 11.3. The predicted octanol–water partition coefficient (Wildman–Crippen LogP) is 4.36. The normalized spacial score (nSPS) is 10.6. The molecular formula is C12H18N2OS4. The van der Waals surface area contributed by atoms with Gasteiger partial charge in [0.05, 0.1) is 0 Å². The molecule has 0 amide bonds. The van der Waals surface area contributed by atoms with Crippen LogP contribution >= 0.6 is 46.6 Å². The molecule has 19 heavy (non-hydrogen) atoms. The van der Waals surface area contributed by atoms with Crippen LogP contribution in [0.3, 0.4) is 0 Å². The smallest absolute Gasteiger partial charge is 0.214 e. The molecule has 0 atom stereocenters. The van der Waals surface area contributed by atoms with E-state index in [9.17, 15) is 4.79 Å². The van der Waals surface area contributed by atoms with Crippen molar-refractivity contribution in [1.82, 2.24) is 10.2 Å². The molecule has 1 aromatic heterocycles. The molecule has 0 unspecified atom stereocenters. The molecule has 1 heterocycles. The van der Waals surface area contributed by atoms with Crippen molar-refractivity contribution >= 4 is 51.7 Å². The van der Waals surface area contributed by atoms with Crippen molar-refractivity contribution in [2.75, 3.05) is 17.3 Å². The summed E-state index contributed by atoms with van der Waals surface area (Å²) >= 11 is 6.40. The van der Waals surface area contributed by atoms with Crippen molar-refractivity contribution in [2.45, 2.75) is 35.4 Å². The summed E-state index contributed by atoms with van der Waals surface area (Å²) in [5.74, 6) is 2.77. The Hall–Kier alpha value is 0.0200. The van der Waals surface area contributed by atoms with Gasteiger partial charge in [0.1, 0.15) is 0 Å². The van der Waals surface area contributed by atoms with E-state index in [1.807, 2.05) is 0 Å². The van der Waals surface area contributed by atoms with Crippen LogP contribution in [-0.2, 0) is 4.79 Å². The number of aromatic nitrogens is 2. The number of thioether (sulfide) groups is 3. The third-order valence-corrected chi connectivity index (χ3v) is 6.56. The molecular weight excluding hydrogens is 316 g/mol. The molecule has 106 valence electrons. The number of carbonyl (C=O) groups is 1. The maximum atomic E-state index is 11.3. The van der Waals surface area contributed by atoms with E-state index in [-0.39, 0.29) is 5.12 Å². The Labute approximate surface area is 131 Å². The van der Waals surface area contributed by atoms with Gasteiger partial charge in [-0.1, -0.05) is 66.5 Å². The van der Waals surface area contributed by atoms with Crippen molar-refractivity contribution in [3.8, 4) is 0 Å². The molecule has 3 nitrogen and oxygen atoms in total. The summed E-state index contributed by atoms with van der Waals surface area (Å²) < 4.78 is 2.03. The third-order valence-electron chi connectivity index (χ3n) is 2.00. The minimum Gasteiger partial charge on any atom is -0.282 e. The van der Waals surface area contributed by atoms with Gasteiger partial charge in [0.15, 0.2) is 8.68 Å². The number of hydrogen-bond acceptors (Lipinski definition) is 7. The zero-order valence-corrected chi connectivity index (χ0v) is 14.4. The second kappa shape index (κ2) is 9.85. The zero-order valence-electron chi connectivity index (χ0n) is 11.2. The van der Waals surface area contributed by atoms with Crippen LogP contribution in [0.4, 0.5) is 0 Å². The van der Waals surface area contributed by atoms with E-state index in [0.717, 1.165) is 25.9 Å². The first-order chi connectivity index (χ1) is 9.13. The van der Waals surface area contributed by atoms with Crippen molar-refractivity contribution in [3.63, 3.8) is 0 Å². The van der Waals surface area contributed by atoms with Gasteiger partial charge in [0.25, 0.3) is 0 Å². The van der Waals surface area contributed by atoms with Crippen molar-refractivity contribution in [2.24, 2.45) is 0 Å². The fourth-order valence-electron chi connectivity index (χ4n) is 1.00. The minimum atomic E-state index is 0.0775. The number of nitrogens with zero attached hydrogens (tertiary/aromatic N) is 2. The second-order valence-corrected chi connectivity index (χ2v) is 8.53. The molecule has 1 rings (SSSR count). The summed E-state index contributed by atoms with van der Waals surface area (Å²) in [5.41, 5.74) is 0.612. The highest BCUT2D eigenvalue weighted by atomic mass is 32.2. The average Bonchev–Trinajstić information content (AvgIpc) is 2.82. The van der Waals surface area contributed by atoms with Gasteiger partial charge >= 0.3 is 0 Å². The highest BCUT2D eigenvalue weighted by Gasteiger charge is 2.07. The largest absolute Gasteiger partial charge is 0.282 e. The summed E-state index contributed by atoms with van der Waals surface area (Å²) in [5, 5.41) is 8.38. The quantitative estimate of drug-likeness (QED) is 0.380. The monoisotopic (exact) mass is 334 g/mol. The Balaban J connectivity index is 2.19. The SMILES string of the molecule is C=C(C)C(=O)SCCSc1nnc(SCCCC)s1. The Morgan fingerprint density at radius 3 is 2.42 bits per heavy atom. The molecule has 0 aliphatic carbocycles. The average molecular weight is 335 g/mol. The molecule has 0 bridgehead atoms. The first-order valence-electron chi connectivity index (χ1n) is 6.05. The van der Waals surface area contributed by atoms with Crippen LogP contribution in [0.25, 0.3) is 0 Å². The van der Waals surface area contributed by atoms with Gasteiger partial charge in [0.2, 0.25) is 5.12 Å². The first kappa shape index (κ1) is 17.1. The lowest BCUT2D eigenvalue weighted by Gasteiger charge is -1.97. The van der Waals surface area contributed by atoms with E-state index in [0.29, 0.717) is 5.57 Å². The first-order valence-corrected chi connectivity index (χ1v) is 9.82. The van der Waals surface area contributed by atoms with Crippen LogP contribution in [0, 0.1) is 0 Å². The molecule has 0 aromatic carbocycles. The lowest BCUT2D eigenvalue weighted by Crippen LogP contribution is -1.95. The lowest BCUT2D eigenvalue weighted by atomic mass is 10.4. The van der Waals surface area contributed by atoms with Gasteiger partial charge in [-0.25, -0.2) is 0 Å². The minimum absolute atomic E-state index is 0.0775. The van der Waals surface area contributed by atoms with Gasteiger partial charge in [-0.05, 0) is 18.9 Å². The summed E-state index contributed by atoms with van der Waals surface area (Å²) in [7, 11) is 0.